The smallest absolute Gasteiger partial charge is 0.238 e. The summed E-state index contributed by atoms with van der Waals surface area (Å²) in [7, 11) is 0. The summed E-state index contributed by atoms with van der Waals surface area (Å²) in [6.45, 7) is 6.82. The van der Waals surface area contributed by atoms with Crippen molar-refractivity contribution in [1.82, 2.24) is 4.90 Å². The van der Waals surface area contributed by atoms with Crippen molar-refractivity contribution in [1.29, 1.82) is 0 Å². The van der Waals surface area contributed by atoms with Crippen LogP contribution in [0.15, 0.2) is 36.4 Å². The molecule has 0 unspecified atom stereocenters. The van der Waals surface area contributed by atoms with Crippen LogP contribution >= 0.6 is 0 Å². The van der Waals surface area contributed by atoms with Crippen LogP contribution in [0.2, 0.25) is 0 Å². The zero-order valence-electron chi connectivity index (χ0n) is 15.8. The van der Waals surface area contributed by atoms with Gasteiger partial charge in [-0.25, -0.2) is 4.39 Å². The van der Waals surface area contributed by atoms with Crippen LogP contribution in [0.3, 0.4) is 0 Å². The number of carbonyl (C=O) groups excluding carboxylic acids is 1. The van der Waals surface area contributed by atoms with Gasteiger partial charge in [0.15, 0.2) is 11.5 Å². The molecule has 0 fully saturated rings. The number of ether oxygens (including phenoxy) is 2. The molecule has 0 saturated carbocycles. The summed E-state index contributed by atoms with van der Waals surface area (Å²) < 4.78 is 24.4. The second-order valence-electron chi connectivity index (χ2n) is 6.45. The number of hydrogen-bond acceptors (Lipinski definition) is 4. The lowest BCUT2D eigenvalue weighted by atomic mass is 9.98. The molecule has 0 atom stereocenters. The largest absolute Gasteiger partial charge is 0.490 e. The fraction of sp³-hybridized carbons (Fsp3) is 0.381. The van der Waals surface area contributed by atoms with Crippen LogP contribution < -0.4 is 14.8 Å². The van der Waals surface area contributed by atoms with Gasteiger partial charge in [-0.15, -0.1) is 0 Å². The average Bonchev–Trinajstić information content (AvgIpc) is 2.64. The molecule has 3 rings (SSSR count). The third-order valence-electron chi connectivity index (χ3n) is 4.45. The van der Waals surface area contributed by atoms with Crippen LogP contribution in [0, 0.1) is 5.82 Å². The molecule has 2 aromatic carbocycles. The number of nitrogens with zero attached hydrogens (tertiary/aromatic N) is 1. The summed E-state index contributed by atoms with van der Waals surface area (Å²) in [6.07, 6.45) is 0.853. The van der Waals surface area contributed by atoms with E-state index in [1.807, 2.05) is 19.9 Å². The van der Waals surface area contributed by atoms with E-state index in [9.17, 15) is 9.18 Å². The summed E-state index contributed by atoms with van der Waals surface area (Å²) >= 11 is 0. The maximum absolute atomic E-state index is 13.0. The molecule has 27 heavy (non-hydrogen) atoms. The molecule has 6 heteroatoms. The lowest BCUT2D eigenvalue weighted by Gasteiger charge is -2.29. The summed E-state index contributed by atoms with van der Waals surface area (Å²) in [5, 5.41) is 2.81. The molecule has 0 saturated heterocycles. The van der Waals surface area contributed by atoms with E-state index in [0.29, 0.717) is 25.4 Å². The number of benzene rings is 2. The number of carbonyl (C=O) groups is 1. The molecule has 1 aliphatic heterocycles. The number of halogens is 1. The van der Waals surface area contributed by atoms with Crippen LogP contribution in [-0.4, -0.2) is 37.1 Å². The van der Waals surface area contributed by atoms with Crippen LogP contribution in [-0.2, 0) is 17.8 Å². The fourth-order valence-corrected chi connectivity index (χ4v) is 3.23. The molecule has 0 radical (unpaired) electrons. The van der Waals surface area contributed by atoms with Gasteiger partial charge in [-0.3, -0.25) is 9.69 Å². The summed E-state index contributed by atoms with van der Waals surface area (Å²) in [6, 6.07) is 9.86. The van der Waals surface area contributed by atoms with Crippen molar-refractivity contribution in [2.24, 2.45) is 0 Å². The lowest BCUT2D eigenvalue weighted by Crippen LogP contribution is -2.37. The summed E-state index contributed by atoms with van der Waals surface area (Å²) in [5.74, 6) is 1.09. The van der Waals surface area contributed by atoms with Crippen molar-refractivity contribution in [3.63, 3.8) is 0 Å². The number of rotatable bonds is 7. The molecular formula is C21H25FN2O3. The van der Waals surface area contributed by atoms with Gasteiger partial charge in [-0.05, 0) is 67.8 Å². The third-order valence-corrected chi connectivity index (χ3v) is 4.45. The number of amides is 1. The van der Waals surface area contributed by atoms with Gasteiger partial charge in [0.1, 0.15) is 5.82 Å². The Morgan fingerprint density at radius 1 is 1.07 bits per heavy atom. The lowest BCUT2D eigenvalue weighted by molar-refractivity contribution is -0.117. The fourth-order valence-electron chi connectivity index (χ4n) is 3.23. The van der Waals surface area contributed by atoms with Crippen LogP contribution in [0.4, 0.5) is 10.1 Å². The molecule has 2 aromatic rings. The van der Waals surface area contributed by atoms with Gasteiger partial charge in [0, 0.05) is 18.8 Å². The SMILES string of the molecule is CCOc1cc2c(cc1OCC)CN(CC(=O)Nc1ccc(F)cc1)CC2. The molecule has 0 bridgehead atoms. The van der Waals surface area contributed by atoms with Crippen molar-refractivity contribution in [3.05, 3.63) is 53.3 Å². The van der Waals surface area contributed by atoms with Crippen molar-refractivity contribution in [3.8, 4) is 11.5 Å². The number of anilines is 1. The van der Waals surface area contributed by atoms with Crippen molar-refractivity contribution >= 4 is 11.6 Å². The Hall–Kier alpha value is -2.60. The molecule has 0 aliphatic carbocycles. The monoisotopic (exact) mass is 372 g/mol. The van der Waals surface area contributed by atoms with Gasteiger partial charge in [-0.1, -0.05) is 0 Å². The maximum atomic E-state index is 13.0. The highest BCUT2D eigenvalue weighted by Crippen LogP contribution is 2.33. The standard InChI is InChI=1S/C21H25FN2O3/c1-3-26-19-11-15-9-10-24(13-16(15)12-20(19)27-4-2)14-21(25)23-18-7-5-17(22)6-8-18/h5-8,11-12H,3-4,9-10,13-14H2,1-2H3,(H,23,25). The minimum absolute atomic E-state index is 0.110. The van der Waals surface area contributed by atoms with E-state index in [1.54, 1.807) is 12.1 Å². The number of hydrogen-bond donors (Lipinski definition) is 1. The van der Waals surface area contributed by atoms with Crippen molar-refractivity contribution < 1.29 is 18.7 Å². The first kappa shape index (κ1) is 19.2. The first-order valence-electron chi connectivity index (χ1n) is 9.28. The Labute approximate surface area is 159 Å². The zero-order chi connectivity index (χ0) is 19.2. The first-order chi connectivity index (χ1) is 13.1. The van der Waals surface area contributed by atoms with E-state index >= 15 is 0 Å². The van der Waals surface area contributed by atoms with Gasteiger partial charge in [0.25, 0.3) is 0 Å². The topological polar surface area (TPSA) is 50.8 Å². The highest BCUT2D eigenvalue weighted by Gasteiger charge is 2.21. The quantitative estimate of drug-likeness (QED) is 0.807. The van der Waals surface area contributed by atoms with Gasteiger partial charge in [0.05, 0.1) is 19.8 Å². The zero-order valence-corrected chi connectivity index (χ0v) is 15.8. The van der Waals surface area contributed by atoms with Crippen LogP contribution in [0.5, 0.6) is 11.5 Å². The molecule has 1 N–H and O–H groups in total. The van der Waals surface area contributed by atoms with E-state index in [0.717, 1.165) is 30.0 Å². The Morgan fingerprint density at radius 3 is 2.33 bits per heavy atom. The molecule has 1 amide bonds. The van der Waals surface area contributed by atoms with E-state index in [4.69, 9.17) is 9.47 Å². The van der Waals surface area contributed by atoms with Crippen molar-refractivity contribution in [2.45, 2.75) is 26.8 Å². The van der Waals surface area contributed by atoms with Crippen molar-refractivity contribution in [2.75, 3.05) is 31.6 Å². The molecule has 1 heterocycles. The van der Waals surface area contributed by atoms with E-state index < -0.39 is 0 Å². The Morgan fingerprint density at radius 2 is 1.70 bits per heavy atom. The van der Waals surface area contributed by atoms with Crippen LogP contribution in [0.1, 0.15) is 25.0 Å². The van der Waals surface area contributed by atoms with Gasteiger partial charge >= 0.3 is 0 Å². The van der Waals surface area contributed by atoms with Gasteiger partial charge < -0.3 is 14.8 Å². The first-order valence-corrected chi connectivity index (χ1v) is 9.28. The summed E-state index contributed by atoms with van der Waals surface area (Å²) in [5.41, 5.74) is 2.98. The van der Waals surface area contributed by atoms with E-state index in [-0.39, 0.29) is 18.3 Å². The number of fused-ring (bicyclic) bond motifs is 1. The Bertz CT molecular complexity index is 793. The maximum Gasteiger partial charge on any atom is 0.238 e. The van der Waals surface area contributed by atoms with E-state index in [1.165, 1.54) is 17.7 Å². The molecule has 1 aliphatic rings. The highest BCUT2D eigenvalue weighted by atomic mass is 19.1. The minimum Gasteiger partial charge on any atom is -0.490 e. The second-order valence-corrected chi connectivity index (χ2v) is 6.45. The Kier molecular flexibility index (Phi) is 6.29. The highest BCUT2D eigenvalue weighted by molar-refractivity contribution is 5.92. The average molecular weight is 372 g/mol. The molecule has 0 aromatic heterocycles. The predicted molar refractivity (Wildman–Crippen MR) is 103 cm³/mol. The molecular weight excluding hydrogens is 347 g/mol. The van der Waals surface area contributed by atoms with Gasteiger partial charge in [0.2, 0.25) is 5.91 Å². The minimum atomic E-state index is -0.322. The predicted octanol–water partition coefficient (Wildman–Crippen LogP) is 3.62. The number of nitrogens with one attached hydrogen (secondary N) is 1. The van der Waals surface area contributed by atoms with Gasteiger partial charge in [-0.2, -0.15) is 0 Å². The third kappa shape index (κ3) is 4.98. The van der Waals surface area contributed by atoms with E-state index in [2.05, 4.69) is 16.3 Å². The van der Waals surface area contributed by atoms with Crippen LogP contribution in [0.25, 0.3) is 0 Å². The molecule has 144 valence electrons. The second kappa shape index (κ2) is 8.86. The molecule has 5 nitrogen and oxygen atoms in total. The normalized spacial score (nSPS) is 13.7. The summed E-state index contributed by atoms with van der Waals surface area (Å²) in [4.78, 5) is 14.4. The Balaban J connectivity index is 1.65. The molecule has 0 spiro atoms.